The first-order valence-electron chi connectivity index (χ1n) is 6.67. The summed E-state index contributed by atoms with van der Waals surface area (Å²) in [6.07, 6.45) is 1.20. The Morgan fingerprint density at radius 3 is 2.80 bits per heavy atom. The van der Waals surface area contributed by atoms with Gasteiger partial charge in [-0.15, -0.1) is 11.3 Å². The fourth-order valence-corrected chi connectivity index (χ4v) is 3.08. The molecule has 1 amide bonds. The highest BCUT2D eigenvalue weighted by Crippen LogP contribution is 2.33. The summed E-state index contributed by atoms with van der Waals surface area (Å²) in [4.78, 5) is 24.9. The largest absolute Gasteiger partial charge is 0.465 e. The highest BCUT2D eigenvalue weighted by molar-refractivity contribution is 7.16. The lowest BCUT2D eigenvalue weighted by Crippen LogP contribution is -2.27. The molecule has 1 aromatic heterocycles. The zero-order valence-corrected chi connectivity index (χ0v) is 12.7. The van der Waals surface area contributed by atoms with E-state index in [9.17, 15) is 9.59 Å². The van der Waals surface area contributed by atoms with Gasteiger partial charge in [-0.1, -0.05) is 13.8 Å². The van der Waals surface area contributed by atoms with Crippen molar-refractivity contribution in [1.82, 2.24) is 0 Å². The van der Waals surface area contributed by atoms with Crippen molar-refractivity contribution < 1.29 is 19.1 Å². The van der Waals surface area contributed by atoms with Gasteiger partial charge in [-0.25, -0.2) is 4.79 Å². The molecule has 0 spiro atoms. The lowest BCUT2D eigenvalue weighted by Gasteiger charge is -2.10. The van der Waals surface area contributed by atoms with Crippen LogP contribution in [-0.4, -0.2) is 31.7 Å². The molecule has 1 aromatic rings. The van der Waals surface area contributed by atoms with Crippen molar-refractivity contribution in [3.05, 3.63) is 16.5 Å². The van der Waals surface area contributed by atoms with E-state index in [2.05, 4.69) is 5.32 Å². The Balaban J connectivity index is 2.20. The van der Waals surface area contributed by atoms with Crippen LogP contribution >= 0.6 is 11.3 Å². The Morgan fingerprint density at radius 2 is 2.25 bits per heavy atom. The molecule has 5 nitrogen and oxygen atoms in total. The number of methoxy groups -OCH3 is 1. The number of ether oxygens (including phenoxy) is 2. The first kappa shape index (κ1) is 15.0. The molecule has 0 aliphatic carbocycles. The van der Waals surface area contributed by atoms with E-state index in [4.69, 9.17) is 9.47 Å². The van der Waals surface area contributed by atoms with Crippen LogP contribution in [0, 0.1) is 0 Å². The van der Waals surface area contributed by atoms with Crippen LogP contribution in [0.3, 0.4) is 0 Å². The molecule has 20 heavy (non-hydrogen) atoms. The summed E-state index contributed by atoms with van der Waals surface area (Å²) in [5.41, 5.74) is 0.410. The van der Waals surface area contributed by atoms with E-state index in [1.165, 1.54) is 18.4 Å². The summed E-state index contributed by atoms with van der Waals surface area (Å²) in [7, 11) is 1.33. The Kier molecular flexibility index (Phi) is 4.77. The van der Waals surface area contributed by atoms with Gasteiger partial charge in [0.05, 0.1) is 12.7 Å². The molecule has 1 fully saturated rings. The second-order valence-corrected chi connectivity index (χ2v) is 6.11. The van der Waals surface area contributed by atoms with Gasteiger partial charge >= 0.3 is 5.97 Å². The van der Waals surface area contributed by atoms with Crippen molar-refractivity contribution in [3.63, 3.8) is 0 Å². The molecule has 2 rings (SSSR count). The topological polar surface area (TPSA) is 64.6 Å². The molecule has 0 saturated carbocycles. The average molecular weight is 297 g/mol. The molecule has 1 atom stereocenters. The number of carbonyl (C=O) groups is 2. The first-order chi connectivity index (χ1) is 9.52. The second kappa shape index (κ2) is 6.37. The smallest absolute Gasteiger partial charge is 0.340 e. The maximum absolute atomic E-state index is 12.1. The van der Waals surface area contributed by atoms with Gasteiger partial charge in [0.15, 0.2) is 0 Å². The van der Waals surface area contributed by atoms with Crippen LogP contribution < -0.4 is 5.32 Å². The van der Waals surface area contributed by atoms with E-state index in [0.717, 1.165) is 17.7 Å². The molecule has 1 aliphatic heterocycles. The van der Waals surface area contributed by atoms with E-state index in [1.54, 1.807) is 6.07 Å². The van der Waals surface area contributed by atoms with Crippen LogP contribution in [0.1, 0.15) is 47.8 Å². The lowest BCUT2D eigenvalue weighted by molar-refractivity contribution is -0.124. The van der Waals surface area contributed by atoms with Crippen LogP contribution in [0.5, 0.6) is 0 Å². The number of anilines is 1. The van der Waals surface area contributed by atoms with Gasteiger partial charge in [-0.3, -0.25) is 4.79 Å². The van der Waals surface area contributed by atoms with Crippen LogP contribution in [0.15, 0.2) is 6.07 Å². The van der Waals surface area contributed by atoms with Crippen molar-refractivity contribution >= 4 is 28.2 Å². The molecule has 1 saturated heterocycles. The standard InChI is InChI=1S/C14H19NO4S/c1-8(2)11-7-9(14(17)18-3)13(20-11)15-12(16)10-5-4-6-19-10/h7-8,10H,4-6H2,1-3H3,(H,15,16)/t10-/m1/s1. The summed E-state index contributed by atoms with van der Waals surface area (Å²) in [5.74, 6) is -0.336. The molecule has 0 radical (unpaired) electrons. The Labute approximate surface area is 122 Å². The number of hydrogen-bond acceptors (Lipinski definition) is 5. The van der Waals surface area contributed by atoms with Gasteiger partial charge in [0, 0.05) is 11.5 Å². The van der Waals surface area contributed by atoms with Gasteiger partial charge in [-0.05, 0) is 24.8 Å². The maximum atomic E-state index is 12.1. The van der Waals surface area contributed by atoms with Gasteiger partial charge in [0.1, 0.15) is 11.1 Å². The molecule has 110 valence electrons. The summed E-state index contributed by atoms with van der Waals surface area (Å²) < 4.78 is 10.1. The lowest BCUT2D eigenvalue weighted by atomic mass is 10.1. The number of rotatable bonds is 4. The Morgan fingerprint density at radius 1 is 1.50 bits per heavy atom. The van der Waals surface area contributed by atoms with Gasteiger partial charge in [0.25, 0.3) is 5.91 Å². The second-order valence-electron chi connectivity index (χ2n) is 5.03. The molecule has 2 heterocycles. The molecular formula is C14H19NO4S. The van der Waals surface area contributed by atoms with Crippen LogP contribution in [0.25, 0.3) is 0 Å². The van der Waals surface area contributed by atoms with Crippen molar-refractivity contribution in [2.75, 3.05) is 19.0 Å². The van der Waals surface area contributed by atoms with Crippen LogP contribution in [0.4, 0.5) is 5.00 Å². The van der Waals surface area contributed by atoms with E-state index in [0.29, 0.717) is 17.2 Å². The summed E-state index contributed by atoms with van der Waals surface area (Å²) >= 11 is 1.41. The summed E-state index contributed by atoms with van der Waals surface area (Å²) in [6.45, 7) is 4.70. The normalized spacial score (nSPS) is 18.3. The predicted octanol–water partition coefficient (Wildman–Crippen LogP) is 2.78. The van der Waals surface area contributed by atoms with Gasteiger partial charge in [-0.2, -0.15) is 0 Å². The van der Waals surface area contributed by atoms with Crippen LogP contribution in [0.2, 0.25) is 0 Å². The van der Waals surface area contributed by atoms with Crippen molar-refractivity contribution in [1.29, 1.82) is 0 Å². The van der Waals surface area contributed by atoms with E-state index in [-0.39, 0.29) is 11.8 Å². The monoisotopic (exact) mass is 297 g/mol. The fraction of sp³-hybridized carbons (Fsp3) is 0.571. The molecule has 1 aliphatic rings. The minimum atomic E-state index is -0.434. The minimum absolute atomic E-state index is 0.190. The highest BCUT2D eigenvalue weighted by Gasteiger charge is 2.26. The Hall–Kier alpha value is -1.40. The molecular weight excluding hydrogens is 278 g/mol. The molecule has 0 unspecified atom stereocenters. The minimum Gasteiger partial charge on any atom is -0.465 e. The van der Waals surface area contributed by atoms with Crippen molar-refractivity contribution in [2.45, 2.75) is 38.7 Å². The molecule has 0 aromatic carbocycles. The summed E-state index contributed by atoms with van der Waals surface area (Å²) in [5, 5.41) is 3.34. The average Bonchev–Trinajstić information content (AvgIpc) is 3.06. The number of nitrogens with one attached hydrogen (secondary N) is 1. The SMILES string of the molecule is COC(=O)c1cc(C(C)C)sc1NC(=O)[C@H]1CCCO1. The number of amides is 1. The Bertz CT molecular complexity index is 503. The van der Waals surface area contributed by atoms with E-state index < -0.39 is 12.1 Å². The van der Waals surface area contributed by atoms with E-state index in [1.807, 2.05) is 13.8 Å². The molecule has 1 N–H and O–H groups in total. The van der Waals surface area contributed by atoms with Gasteiger partial charge < -0.3 is 14.8 Å². The first-order valence-corrected chi connectivity index (χ1v) is 7.49. The zero-order valence-electron chi connectivity index (χ0n) is 11.9. The number of esters is 1. The van der Waals surface area contributed by atoms with Crippen molar-refractivity contribution in [3.8, 4) is 0 Å². The van der Waals surface area contributed by atoms with Crippen LogP contribution in [-0.2, 0) is 14.3 Å². The van der Waals surface area contributed by atoms with E-state index >= 15 is 0 Å². The molecule has 6 heteroatoms. The quantitative estimate of drug-likeness (QED) is 0.868. The molecule has 0 bridgehead atoms. The number of hydrogen-bond donors (Lipinski definition) is 1. The number of carbonyl (C=O) groups excluding carboxylic acids is 2. The third-order valence-corrected chi connectivity index (χ3v) is 4.54. The summed E-state index contributed by atoms with van der Waals surface area (Å²) in [6, 6.07) is 1.78. The third-order valence-electron chi connectivity index (χ3n) is 3.18. The zero-order chi connectivity index (χ0) is 14.7. The highest BCUT2D eigenvalue weighted by atomic mass is 32.1. The van der Waals surface area contributed by atoms with Crippen molar-refractivity contribution in [2.24, 2.45) is 0 Å². The third kappa shape index (κ3) is 3.19. The van der Waals surface area contributed by atoms with Gasteiger partial charge in [0.2, 0.25) is 0 Å². The maximum Gasteiger partial charge on any atom is 0.340 e. The fourth-order valence-electron chi connectivity index (χ4n) is 2.03. The number of thiophene rings is 1. The predicted molar refractivity (Wildman–Crippen MR) is 77.4 cm³/mol.